The Morgan fingerprint density at radius 2 is 1.82 bits per heavy atom. The highest BCUT2D eigenvalue weighted by molar-refractivity contribution is 6.32. The first-order valence-electron chi connectivity index (χ1n) is 10.2. The molecular formula is C23H25ClN4. The van der Waals surface area contributed by atoms with Gasteiger partial charge in [-0.2, -0.15) is 5.10 Å². The lowest BCUT2D eigenvalue weighted by Gasteiger charge is -2.33. The van der Waals surface area contributed by atoms with E-state index in [1.807, 2.05) is 18.3 Å². The Kier molecular flexibility index (Phi) is 4.39. The lowest BCUT2D eigenvalue weighted by atomic mass is 9.86. The van der Waals surface area contributed by atoms with Crippen LogP contribution in [0, 0.1) is 6.92 Å². The first kappa shape index (κ1) is 17.7. The van der Waals surface area contributed by atoms with Crippen LogP contribution in [0.1, 0.15) is 54.1 Å². The monoisotopic (exact) mass is 392 g/mol. The smallest absolute Gasteiger partial charge is 0.147 e. The number of aromatic nitrogens is 3. The van der Waals surface area contributed by atoms with Crippen molar-refractivity contribution in [2.75, 3.05) is 18.0 Å². The first-order valence-corrected chi connectivity index (χ1v) is 10.5. The molecule has 2 aromatic heterocycles. The van der Waals surface area contributed by atoms with Crippen molar-refractivity contribution in [1.82, 2.24) is 15.2 Å². The number of benzene rings is 1. The van der Waals surface area contributed by atoms with Gasteiger partial charge >= 0.3 is 0 Å². The molecule has 5 rings (SSSR count). The summed E-state index contributed by atoms with van der Waals surface area (Å²) in [6.07, 6.45) is 6.39. The minimum absolute atomic E-state index is 0.127. The molecule has 1 aliphatic carbocycles. The van der Waals surface area contributed by atoms with Crippen molar-refractivity contribution in [3.63, 3.8) is 0 Å². The normalized spacial score (nSPS) is 19.0. The molecule has 1 aromatic carbocycles. The summed E-state index contributed by atoms with van der Waals surface area (Å²) in [5, 5.41) is 8.97. The van der Waals surface area contributed by atoms with Crippen LogP contribution in [0.5, 0.6) is 0 Å². The van der Waals surface area contributed by atoms with E-state index in [0.717, 1.165) is 36.8 Å². The molecule has 144 valence electrons. The number of rotatable bonds is 4. The first-order chi connectivity index (χ1) is 13.7. The van der Waals surface area contributed by atoms with E-state index in [1.165, 1.54) is 35.4 Å². The van der Waals surface area contributed by atoms with Gasteiger partial charge in [0, 0.05) is 36.3 Å². The van der Waals surface area contributed by atoms with E-state index in [0.29, 0.717) is 5.92 Å². The van der Waals surface area contributed by atoms with E-state index in [9.17, 15) is 0 Å². The van der Waals surface area contributed by atoms with Crippen molar-refractivity contribution in [3.8, 4) is 0 Å². The maximum absolute atomic E-state index is 6.33. The van der Waals surface area contributed by atoms with Gasteiger partial charge in [0.25, 0.3) is 0 Å². The summed E-state index contributed by atoms with van der Waals surface area (Å²) in [5.41, 5.74) is 5.46. The molecular weight excluding hydrogens is 368 g/mol. The van der Waals surface area contributed by atoms with Gasteiger partial charge in [0.05, 0.1) is 10.7 Å². The van der Waals surface area contributed by atoms with Crippen LogP contribution in [0.4, 0.5) is 5.82 Å². The van der Waals surface area contributed by atoms with Crippen molar-refractivity contribution in [3.05, 3.63) is 76.2 Å². The molecule has 0 unspecified atom stereocenters. The Balaban J connectivity index is 1.35. The number of hydrogen-bond donors (Lipinski definition) is 1. The van der Waals surface area contributed by atoms with E-state index >= 15 is 0 Å². The van der Waals surface area contributed by atoms with Crippen LogP contribution >= 0.6 is 11.6 Å². The van der Waals surface area contributed by atoms with Crippen molar-refractivity contribution in [1.29, 1.82) is 0 Å². The minimum Gasteiger partial charge on any atom is -0.355 e. The van der Waals surface area contributed by atoms with Gasteiger partial charge in [0.2, 0.25) is 0 Å². The van der Waals surface area contributed by atoms with Gasteiger partial charge in [-0.25, -0.2) is 4.98 Å². The molecule has 4 nitrogen and oxygen atoms in total. The van der Waals surface area contributed by atoms with Gasteiger partial charge in [-0.1, -0.05) is 41.9 Å². The zero-order chi connectivity index (χ0) is 19.1. The molecule has 3 heterocycles. The van der Waals surface area contributed by atoms with Crippen molar-refractivity contribution in [2.45, 2.75) is 43.9 Å². The molecule has 1 aliphatic heterocycles. The van der Waals surface area contributed by atoms with E-state index in [-0.39, 0.29) is 5.41 Å². The summed E-state index contributed by atoms with van der Waals surface area (Å²) in [6, 6.07) is 14.7. The zero-order valence-electron chi connectivity index (χ0n) is 16.2. The molecule has 3 aromatic rings. The fourth-order valence-corrected chi connectivity index (χ4v) is 5.05. The number of piperidine rings is 1. The Morgan fingerprint density at radius 3 is 2.50 bits per heavy atom. The summed E-state index contributed by atoms with van der Waals surface area (Å²) < 4.78 is 0. The van der Waals surface area contributed by atoms with E-state index in [1.54, 1.807) is 0 Å². The van der Waals surface area contributed by atoms with E-state index in [4.69, 9.17) is 16.7 Å². The average Bonchev–Trinajstić information content (AvgIpc) is 3.46. The summed E-state index contributed by atoms with van der Waals surface area (Å²) >= 11 is 6.33. The lowest BCUT2D eigenvalue weighted by Crippen LogP contribution is -2.34. The lowest BCUT2D eigenvalue weighted by molar-refractivity contribution is 0.491. The second-order valence-corrected chi connectivity index (χ2v) is 8.54. The van der Waals surface area contributed by atoms with Gasteiger partial charge in [0.15, 0.2) is 0 Å². The van der Waals surface area contributed by atoms with Gasteiger partial charge in [0.1, 0.15) is 5.82 Å². The minimum atomic E-state index is 0.127. The molecule has 0 bridgehead atoms. The average molecular weight is 393 g/mol. The number of nitrogens with zero attached hydrogens (tertiary/aromatic N) is 3. The van der Waals surface area contributed by atoms with E-state index < -0.39 is 0 Å². The third-order valence-electron chi connectivity index (χ3n) is 6.52. The third kappa shape index (κ3) is 2.91. The number of anilines is 1. The molecule has 2 fully saturated rings. The van der Waals surface area contributed by atoms with Crippen molar-refractivity contribution < 1.29 is 0 Å². The largest absolute Gasteiger partial charge is 0.355 e. The molecule has 1 N–H and O–H groups in total. The highest BCUT2D eigenvalue weighted by Crippen LogP contribution is 2.54. The molecule has 0 amide bonds. The maximum atomic E-state index is 6.33. The highest BCUT2D eigenvalue weighted by atomic mass is 35.5. The second kappa shape index (κ2) is 6.93. The number of H-pyrrole nitrogens is 1. The summed E-state index contributed by atoms with van der Waals surface area (Å²) in [5.74, 6) is 1.43. The fraction of sp³-hybridized carbons (Fsp3) is 0.391. The van der Waals surface area contributed by atoms with E-state index in [2.05, 4.69) is 52.2 Å². The van der Waals surface area contributed by atoms with Gasteiger partial charge in [-0.05, 0) is 55.9 Å². The molecule has 5 heteroatoms. The molecule has 0 spiro atoms. The van der Waals surface area contributed by atoms with Crippen molar-refractivity contribution >= 4 is 17.4 Å². The summed E-state index contributed by atoms with van der Waals surface area (Å²) in [6.45, 7) is 4.19. The quantitative estimate of drug-likeness (QED) is 0.661. The molecule has 0 atom stereocenters. The Morgan fingerprint density at radius 1 is 1.07 bits per heavy atom. The van der Waals surface area contributed by atoms with Crippen LogP contribution in [-0.2, 0) is 5.41 Å². The van der Waals surface area contributed by atoms with Gasteiger partial charge in [-0.3, -0.25) is 5.10 Å². The standard InChI is InChI=1S/C23H25ClN4/c1-16-20(17-9-14-28(15-10-17)22-19(24)8-5-13-25-22)26-27-21(16)23(11-12-23)18-6-3-2-4-7-18/h2-8,13,17H,9-12,14-15H2,1H3,(H,26,27). The van der Waals surface area contributed by atoms with Crippen LogP contribution in [0.3, 0.4) is 0 Å². The molecule has 2 aliphatic rings. The number of pyridine rings is 1. The molecule has 0 radical (unpaired) electrons. The summed E-state index contributed by atoms with van der Waals surface area (Å²) in [4.78, 5) is 6.77. The van der Waals surface area contributed by atoms with Crippen LogP contribution in [0.15, 0.2) is 48.7 Å². The zero-order valence-corrected chi connectivity index (χ0v) is 16.9. The Hall–Kier alpha value is -2.33. The molecule has 1 saturated carbocycles. The predicted octanol–water partition coefficient (Wildman–Crippen LogP) is 5.23. The fourth-order valence-electron chi connectivity index (χ4n) is 4.81. The topological polar surface area (TPSA) is 44.8 Å². The molecule has 28 heavy (non-hydrogen) atoms. The SMILES string of the molecule is Cc1c(C2(c3ccccc3)CC2)n[nH]c1C1CCN(c2ncccc2Cl)CC1. The van der Waals surface area contributed by atoms with Gasteiger partial charge in [-0.15, -0.1) is 0 Å². The number of halogens is 1. The van der Waals surface area contributed by atoms with Crippen LogP contribution in [0.2, 0.25) is 5.02 Å². The third-order valence-corrected chi connectivity index (χ3v) is 6.81. The molecule has 1 saturated heterocycles. The second-order valence-electron chi connectivity index (χ2n) is 8.13. The van der Waals surface area contributed by atoms with Gasteiger partial charge < -0.3 is 4.90 Å². The number of hydrogen-bond acceptors (Lipinski definition) is 3. The highest BCUT2D eigenvalue weighted by Gasteiger charge is 2.49. The maximum Gasteiger partial charge on any atom is 0.147 e. The summed E-state index contributed by atoms with van der Waals surface area (Å²) in [7, 11) is 0. The van der Waals surface area contributed by atoms with Crippen LogP contribution in [-0.4, -0.2) is 28.3 Å². The predicted molar refractivity (Wildman–Crippen MR) is 113 cm³/mol. The Bertz CT molecular complexity index is 969. The number of nitrogens with one attached hydrogen (secondary N) is 1. The van der Waals surface area contributed by atoms with Crippen LogP contribution in [0.25, 0.3) is 0 Å². The number of aromatic amines is 1. The van der Waals surface area contributed by atoms with Crippen molar-refractivity contribution in [2.24, 2.45) is 0 Å². The van der Waals surface area contributed by atoms with Crippen LogP contribution < -0.4 is 4.90 Å². The Labute approximate surface area is 170 Å².